The van der Waals surface area contributed by atoms with Crippen molar-refractivity contribution in [2.75, 3.05) is 5.32 Å². The van der Waals surface area contributed by atoms with Crippen LogP contribution >= 0.6 is 15.9 Å². The summed E-state index contributed by atoms with van der Waals surface area (Å²) in [5.41, 5.74) is 2.49. The molecule has 2 heterocycles. The van der Waals surface area contributed by atoms with Crippen LogP contribution < -0.4 is 5.32 Å². The number of anilines is 1. The lowest BCUT2D eigenvalue weighted by Crippen LogP contribution is -2.11. The fourth-order valence-electron chi connectivity index (χ4n) is 1.67. The minimum Gasteiger partial charge on any atom is -0.363 e. The van der Waals surface area contributed by atoms with E-state index in [0.717, 1.165) is 10.0 Å². The Kier molecular flexibility index (Phi) is 3.34. The summed E-state index contributed by atoms with van der Waals surface area (Å²) in [5.74, 6) is -0.302. The molecule has 7 heteroatoms. The van der Waals surface area contributed by atoms with Crippen LogP contribution in [0.4, 0.5) is 5.69 Å². The van der Waals surface area contributed by atoms with Gasteiger partial charge in [-0.3, -0.25) is 9.89 Å². The van der Waals surface area contributed by atoms with Gasteiger partial charge in [0, 0.05) is 10.0 Å². The van der Waals surface area contributed by atoms with Gasteiger partial charge in [-0.2, -0.15) is 5.10 Å². The number of carbonyl (C=O) groups excluding carboxylic acids is 1. The van der Waals surface area contributed by atoms with Gasteiger partial charge < -0.3 is 9.84 Å². The molecule has 0 radical (unpaired) electrons. The summed E-state index contributed by atoms with van der Waals surface area (Å²) in [6, 6.07) is 9.36. The second-order valence-electron chi connectivity index (χ2n) is 4.04. The van der Waals surface area contributed by atoms with Gasteiger partial charge in [-0.05, 0) is 18.2 Å². The molecule has 0 aliphatic rings. The smallest absolute Gasteiger partial charge is 0.273 e. The van der Waals surface area contributed by atoms with Crippen molar-refractivity contribution in [3.8, 4) is 11.3 Å². The molecular formula is C13H9BrN4O2. The minimum absolute atomic E-state index is 0.302. The van der Waals surface area contributed by atoms with Gasteiger partial charge in [0.25, 0.3) is 5.91 Å². The maximum atomic E-state index is 12.0. The van der Waals surface area contributed by atoms with Crippen LogP contribution in [0, 0.1) is 0 Å². The number of benzene rings is 1. The zero-order valence-corrected chi connectivity index (χ0v) is 11.7. The van der Waals surface area contributed by atoms with Gasteiger partial charge in [0.1, 0.15) is 17.6 Å². The number of nitrogens with one attached hydrogen (secondary N) is 2. The Hall–Kier alpha value is -2.41. The van der Waals surface area contributed by atoms with Gasteiger partial charge in [-0.15, -0.1) is 0 Å². The number of nitrogens with zero attached hydrogens (tertiary/aromatic N) is 2. The molecule has 100 valence electrons. The predicted octanol–water partition coefficient (Wildman–Crippen LogP) is 3.08. The Morgan fingerprint density at radius 1 is 1.30 bits per heavy atom. The molecule has 3 aromatic rings. The van der Waals surface area contributed by atoms with Crippen LogP contribution in [0.5, 0.6) is 0 Å². The molecule has 2 aromatic heterocycles. The van der Waals surface area contributed by atoms with E-state index in [2.05, 4.69) is 41.1 Å². The molecule has 0 saturated heterocycles. The molecular weight excluding hydrogens is 324 g/mol. The lowest BCUT2D eigenvalue weighted by atomic mass is 10.1. The molecule has 0 aliphatic heterocycles. The average Bonchev–Trinajstić information content (AvgIpc) is 3.10. The molecule has 0 unspecified atom stereocenters. The Morgan fingerprint density at radius 3 is 2.80 bits per heavy atom. The zero-order chi connectivity index (χ0) is 13.9. The van der Waals surface area contributed by atoms with E-state index in [1.165, 1.54) is 12.5 Å². The minimum atomic E-state index is -0.302. The van der Waals surface area contributed by atoms with Crippen LogP contribution in [-0.4, -0.2) is 21.3 Å². The molecule has 1 amide bonds. The monoisotopic (exact) mass is 332 g/mol. The maximum absolute atomic E-state index is 12.0. The summed E-state index contributed by atoms with van der Waals surface area (Å²) in [4.78, 5) is 12.0. The van der Waals surface area contributed by atoms with E-state index >= 15 is 0 Å². The SMILES string of the molecule is O=C(Nc1cnoc1)c1cc(-c2ccc(Br)cc2)n[nH]1. The number of aromatic nitrogens is 3. The summed E-state index contributed by atoms with van der Waals surface area (Å²) in [7, 11) is 0. The second kappa shape index (κ2) is 5.30. The van der Waals surface area contributed by atoms with Crippen LogP contribution in [0.1, 0.15) is 10.5 Å². The van der Waals surface area contributed by atoms with Crippen LogP contribution in [0.25, 0.3) is 11.3 Å². The van der Waals surface area contributed by atoms with Crippen molar-refractivity contribution in [3.63, 3.8) is 0 Å². The number of H-pyrrole nitrogens is 1. The number of rotatable bonds is 3. The third-order valence-corrected chi connectivity index (χ3v) is 3.18. The number of hydrogen-bond donors (Lipinski definition) is 2. The van der Waals surface area contributed by atoms with Crippen molar-refractivity contribution in [1.29, 1.82) is 0 Å². The molecule has 0 atom stereocenters. The third-order valence-electron chi connectivity index (χ3n) is 2.65. The van der Waals surface area contributed by atoms with E-state index in [4.69, 9.17) is 0 Å². The van der Waals surface area contributed by atoms with Crippen molar-refractivity contribution in [1.82, 2.24) is 15.4 Å². The molecule has 6 nitrogen and oxygen atoms in total. The van der Waals surface area contributed by atoms with E-state index in [-0.39, 0.29) is 5.91 Å². The summed E-state index contributed by atoms with van der Waals surface area (Å²) in [6.07, 6.45) is 2.77. The molecule has 2 N–H and O–H groups in total. The van der Waals surface area contributed by atoms with Gasteiger partial charge in [0.15, 0.2) is 0 Å². The van der Waals surface area contributed by atoms with E-state index < -0.39 is 0 Å². The number of carbonyl (C=O) groups is 1. The Bertz CT molecular complexity index is 719. The third kappa shape index (κ3) is 2.62. The second-order valence-corrected chi connectivity index (χ2v) is 4.96. The lowest BCUT2D eigenvalue weighted by Gasteiger charge is -1.97. The quantitative estimate of drug-likeness (QED) is 0.771. The summed E-state index contributed by atoms with van der Waals surface area (Å²) in [6.45, 7) is 0. The molecule has 0 aliphatic carbocycles. The average molecular weight is 333 g/mol. The highest BCUT2D eigenvalue weighted by atomic mass is 79.9. The van der Waals surface area contributed by atoms with Crippen molar-refractivity contribution < 1.29 is 9.32 Å². The van der Waals surface area contributed by atoms with Crippen molar-refractivity contribution >= 4 is 27.5 Å². The summed E-state index contributed by atoms with van der Waals surface area (Å²) < 4.78 is 5.63. The van der Waals surface area contributed by atoms with Crippen molar-refractivity contribution in [2.24, 2.45) is 0 Å². The molecule has 0 fully saturated rings. The molecule has 0 saturated carbocycles. The standard InChI is InChI=1S/C13H9BrN4O2/c14-9-3-1-8(2-4-9)11-5-12(18-17-11)13(19)16-10-6-15-20-7-10/h1-7H,(H,16,19)(H,17,18). The van der Waals surface area contributed by atoms with Crippen LogP contribution in [-0.2, 0) is 0 Å². The number of hydrogen-bond acceptors (Lipinski definition) is 4. The van der Waals surface area contributed by atoms with Crippen molar-refractivity contribution in [2.45, 2.75) is 0 Å². The molecule has 1 aromatic carbocycles. The number of aromatic amines is 1. The maximum Gasteiger partial charge on any atom is 0.273 e. The summed E-state index contributed by atoms with van der Waals surface area (Å²) >= 11 is 3.37. The largest absolute Gasteiger partial charge is 0.363 e. The summed E-state index contributed by atoms with van der Waals surface area (Å²) in [5, 5.41) is 13.0. The van der Waals surface area contributed by atoms with Gasteiger partial charge in [0.2, 0.25) is 0 Å². The lowest BCUT2D eigenvalue weighted by molar-refractivity contribution is 0.102. The Balaban J connectivity index is 1.79. The molecule has 3 rings (SSSR count). The van der Waals surface area contributed by atoms with E-state index in [9.17, 15) is 4.79 Å². The fraction of sp³-hybridized carbons (Fsp3) is 0. The highest BCUT2D eigenvalue weighted by Gasteiger charge is 2.12. The predicted molar refractivity (Wildman–Crippen MR) is 76.2 cm³/mol. The van der Waals surface area contributed by atoms with E-state index in [0.29, 0.717) is 17.1 Å². The van der Waals surface area contributed by atoms with Gasteiger partial charge >= 0.3 is 0 Å². The Morgan fingerprint density at radius 2 is 2.10 bits per heavy atom. The van der Waals surface area contributed by atoms with Gasteiger partial charge in [0.05, 0.1) is 11.9 Å². The van der Waals surface area contributed by atoms with Crippen molar-refractivity contribution in [3.05, 3.63) is 53.0 Å². The number of amides is 1. The first-order valence-corrected chi connectivity index (χ1v) is 6.54. The van der Waals surface area contributed by atoms with Crippen LogP contribution in [0.2, 0.25) is 0 Å². The van der Waals surface area contributed by atoms with Gasteiger partial charge in [-0.25, -0.2) is 0 Å². The van der Waals surface area contributed by atoms with E-state index in [1.807, 2.05) is 24.3 Å². The highest BCUT2D eigenvalue weighted by molar-refractivity contribution is 9.10. The Labute approximate surface area is 122 Å². The normalized spacial score (nSPS) is 10.4. The first-order valence-electron chi connectivity index (χ1n) is 5.74. The van der Waals surface area contributed by atoms with Gasteiger partial charge in [-0.1, -0.05) is 33.2 Å². The first-order chi connectivity index (χ1) is 9.72. The van der Waals surface area contributed by atoms with E-state index in [1.54, 1.807) is 6.07 Å². The first kappa shape index (κ1) is 12.6. The highest BCUT2D eigenvalue weighted by Crippen LogP contribution is 2.20. The molecule has 0 spiro atoms. The topological polar surface area (TPSA) is 83.8 Å². The van der Waals surface area contributed by atoms with Crippen LogP contribution in [0.3, 0.4) is 0 Å². The fourth-order valence-corrected chi connectivity index (χ4v) is 1.94. The van der Waals surface area contributed by atoms with Crippen LogP contribution in [0.15, 0.2) is 51.8 Å². The zero-order valence-electron chi connectivity index (χ0n) is 10.1. The molecule has 0 bridgehead atoms. The number of halogens is 1. The molecule has 20 heavy (non-hydrogen) atoms.